The molecule has 0 radical (unpaired) electrons. The topological polar surface area (TPSA) is 83.1 Å². The number of amides is 3. The number of nitrogens with one attached hydrogen (secondary N) is 2. The molecule has 1 fully saturated rings. The number of hydrogen-bond acceptors (Lipinski definition) is 5. The average Bonchev–Trinajstić information content (AvgIpc) is 2.77. The maximum atomic E-state index is 12.4. The summed E-state index contributed by atoms with van der Waals surface area (Å²) in [6.45, 7) is 2.44. The molecule has 8 heteroatoms. The number of para-hydroxylation sites is 2. The second kappa shape index (κ2) is 9.68. The highest BCUT2D eigenvalue weighted by atomic mass is 16.5. The Bertz CT molecular complexity index is 850. The summed E-state index contributed by atoms with van der Waals surface area (Å²) in [6, 6.07) is 14.7. The Morgan fingerprint density at radius 1 is 0.966 bits per heavy atom. The second-order valence-electron chi connectivity index (χ2n) is 6.58. The smallest absolute Gasteiger partial charge is 0.317 e. The summed E-state index contributed by atoms with van der Waals surface area (Å²) in [5, 5.41) is 5.42. The summed E-state index contributed by atoms with van der Waals surface area (Å²) in [7, 11) is 3.22. The van der Waals surface area contributed by atoms with Gasteiger partial charge in [-0.05, 0) is 24.3 Å². The molecule has 3 amide bonds. The fraction of sp³-hybridized carbons (Fsp3) is 0.333. The molecule has 2 aromatic rings. The van der Waals surface area contributed by atoms with Gasteiger partial charge < -0.3 is 29.9 Å². The Morgan fingerprint density at radius 3 is 2.45 bits per heavy atom. The monoisotopic (exact) mass is 398 g/mol. The summed E-state index contributed by atoms with van der Waals surface area (Å²) >= 11 is 0. The van der Waals surface area contributed by atoms with Crippen LogP contribution in [0.2, 0.25) is 0 Å². The molecular weight excluding hydrogens is 372 g/mol. The van der Waals surface area contributed by atoms with Gasteiger partial charge in [-0.3, -0.25) is 4.79 Å². The summed E-state index contributed by atoms with van der Waals surface area (Å²) in [4.78, 5) is 28.4. The predicted octanol–water partition coefficient (Wildman–Crippen LogP) is 2.17. The van der Waals surface area contributed by atoms with Crippen LogP contribution in [0.15, 0.2) is 48.5 Å². The van der Waals surface area contributed by atoms with Gasteiger partial charge in [0.15, 0.2) is 0 Å². The molecular formula is C21H26N4O4. The van der Waals surface area contributed by atoms with Gasteiger partial charge in [0, 0.05) is 37.9 Å². The van der Waals surface area contributed by atoms with Gasteiger partial charge >= 0.3 is 6.03 Å². The summed E-state index contributed by atoms with van der Waals surface area (Å²) in [5.74, 6) is 1.18. The van der Waals surface area contributed by atoms with E-state index in [-0.39, 0.29) is 18.5 Å². The van der Waals surface area contributed by atoms with E-state index in [1.165, 1.54) is 0 Å². The normalized spacial score (nSPS) is 13.6. The molecule has 1 aliphatic rings. The molecule has 154 valence electrons. The Hall–Kier alpha value is -3.42. The van der Waals surface area contributed by atoms with Crippen molar-refractivity contribution >= 4 is 23.3 Å². The van der Waals surface area contributed by atoms with Crippen LogP contribution in [0.4, 0.5) is 16.2 Å². The molecule has 0 saturated carbocycles. The number of piperazine rings is 1. The maximum Gasteiger partial charge on any atom is 0.317 e. The number of rotatable bonds is 6. The van der Waals surface area contributed by atoms with E-state index in [1.54, 1.807) is 43.4 Å². The summed E-state index contributed by atoms with van der Waals surface area (Å²) in [5.41, 5.74) is 1.64. The van der Waals surface area contributed by atoms with E-state index in [1.807, 2.05) is 24.3 Å². The molecule has 2 N–H and O–H groups in total. The second-order valence-corrected chi connectivity index (χ2v) is 6.58. The lowest BCUT2D eigenvalue weighted by Crippen LogP contribution is -2.52. The molecule has 3 rings (SSSR count). The molecule has 1 aliphatic heterocycles. The van der Waals surface area contributed by atoms with Gasteiger partial charge in [0.05, 0.1) is 26.5 Å². The molecule has 0 aromatic heterocycles. The fourth-order valence-corrected chi connectivity index (χ4v) is 3.22. The van der Waals surface area contributed by atoms with E-state index in [4.69, 9.17) is 9.47 Å². The average molecular weight is 398 g/mol. The van der Waals surface area contributed by atoms with Gasteiger partial charge in [-0.2, -0.15) is 0 Å². The van der Waals surface area contributed by atoms with Gasteiger partial charge in [0.25, 0.3) is 0 Å². The van der Waals surface area contributed by atoms with Gasteiger partial charge in [-0.1, -0.05) is 18.2 Å². The SMILES string of the molecule is COc1cccc(NC(=O)CNC(=O)N2CCN(c3ccccc3OC)CC2)c1. The number of methoxy groups -OCH3 is 2. The van der Waals surface area contributed by atoms with Crippen molar-refractivity contribution in [1.29, 1.82) is 0 Å². The molecule has 2 aromatic carbocycles. The first-order valence-corrected chi connectivity index (χ1v) is 9.45. The molecule has 1 heterocycles. The third-order valence-corrected chi connectivity index (χ3v) is 4.75. The number of hydrogen-bond donors (Lipinski definition) is 2. The van der Waals surface area contributed by atoms with E-state index in [0.29, 0.717) is 37.6 Å². The highest BCUT2D eigenvalue weighted by molar-refractivity contribution is 5.94. The Labute approximate surface area is 170 Å². The van der Waals surface area contributed by atoms with Gasteiger partial charge in [0.1, 0.15) is 11.5 Å². The maximum absolute atomic E-state index is 12.4. The van der Waals surface area contributed by atoms with E-state index in [9.17, 15) is 9.59 Å². The van der Waals surface area contributed by atoms with E-state index in [0.717, 1.165) is 11.4 Å². The lowest BCUT2D eigenvalue weighted by atomic mass is 10.2. The third kappa shape index (κ3) is 5.31. The van der Waals surface area contributed by atoms with Crippen molar-refractivity contribution < 1.29 is 19.1 Å². The van der Waals surface area contributed by atoms with Crippen molar-refractivity contribution in [3.05, 3.63) is 48.5 Å². The fourth-order valence-electron chi connectivity index (χ4n) is 3.22. The molecule has 8 nitrogen and oxygen atoms in total. The van der Waals surface area contributed by atoms with Crippen molar-refractivity contribution in [3.63, 3.8) is 0 Å². The van der Waals surface area contributed by atoms with Crippen LogP contribution in [0.1, 0.15) is 0 Å². The van der Waals surface area contributed by atoms with Crippen molar-refractivity contribution in [3.8, 4) is 11.5 Å². The third-order valence-electron chi connectivity index (χ3n) is 4.75. The number of benzene rings is 2. The van der Waals surface area contributed by atoms with Crippen LogP contribution in [0.25, 0.3) is 0 Å². The largest absolute Gasteiger partial charge is 0.497 e. The van der Waals surface area contributed by atoms with E-state index < -0.39 is 0 Å². The van der Waals surface area contributed by atoms with Crippen LogP contribution < -0.4 is 25.0 Å². The van der Waals surface area contributed by atoms with Crippen molar-refractivity contribution in [1.82, 2.24) is 10.2 Å². The lowest BCUT2D eigenvalue weighted by Gasteiger charge is -2.36. The number of nitrogens with zero attached hydrogens (tertiary/aromatic N) is 2. The minimum absolute atomic E-state index is 0.0945. The van der Waals surface area contributed by atoms with Crippen LogP contribution in [0.3, 0.4) is 0 Å². The van der Waals surface area contributed by atoms with Crippen LogP contribution >= 0.6 is 0 Å². The molecule has 1 saturated heterocycles. The standard InChI is InChI=1S/C21H26N4O4/c1-28-17-7-5-6-16(14-17)23-20(26)15-22-21(27)25-12-10-24(11-13-25)18-8-3-4-9-19(18)29-2/h3-9,14H,10-13,15H2,1-2H3,(H,22,27)(H,23,26). The molecule has 0 aliphatic carbocycles. The lowest BCUT2D eigenvalue weighted by molar-refractivity contribution is -0.115. The van der Waals surface area contributed by atoms with Gasteiger partial charge in [-0.15, -0.1) is 0 Å². The molecule has 0 bridgehead atoms. The van der Waals surface area contributed by atoms with E-state index in [2.05, 4.69) is 15.5 Å². The first-order chi connectivity index (χ1) is 14.1. The zero-order valence-corrected chi connectivity index (χ0v) is 16.7. The van der Waals surface area contributed by atoms with Crippen molar-refractivity contribution in [2.75, 3.05) is 57.2 Å². The number of carbonyl (C=O) groups is 2. The Morgan fingerprint density at radius 2 is 1.72 bits per heavy atom. The quantitative estimate of drug-likeness (QED) is 0.779. The first-order valence-electron chi connectivity index (χ1n) is 9.45. The molecule has 0 unspecified atom stereocenters. The first kappa shape index (κ1) is 20.3. The number of anilines is 2. The van der Waals surface area contributed by atoms with Crippen molar-refractivity contribution in [2.45, 2.75) is 0 Å². The molecule has 29 heavy (non-hydrogen) atoms. The van der Waals surface area contributed by atoms with Gasteiger partial charge in [0.2, 0.25) is 5.91 Å². The van der Waals surface area contributed by atoms with Gasteiger partial charge in [-0.25, -0.2) is 4.79 Å². The zero-order chi connectivity index (χ0) is 20.6. The molecule has 0 spiro atoms. The van der Waals surface area contributed by atoms with E-state index >= 15 is 0 Å². The Kier molecular flexibility index (Phi) is 6.78. The highest BCUT2D eigenvalue weighted by Gasteiger charge is 2.23. The highest BCUT2D eigenvalue weighted by Crippen LogP contribution is 2.28. The summed E-state index contributed by atoms with van der Waals surface area (Å²) in [6.07, 6.45) is 0. The van der Waals surface area contributed by atoms with Crippen LogP contribution in [-0.4, -0.2) is 63.8 Å². The minimum atomic E-state index is -0.292. The molecule has 0 atom stereocenters. The Balaban J connectivity index is 1.45. The van der Waals surface area contributed by atoms with Crippen LogP contribution in [0.5, 0.6) is 11.5 Å². The number of ether oxygens (including phenoxy) is 2. The zero-order valence-electron chi connectivity index (χ0n) is 16.7. The van der Waals surface area contributed by atoms with Crippen molar-refractivity contribution in [2.24, 2.45) is 0 Å². The number of carbonyl (C=O) groups excluding carboxylic acids is 2. The predicted molar refractivity (Wildman–Crippen MR) is 112 cm³/mol. The minimum Gasteiger partial charge on any atom is -0.497 e. The number of urea groups is 1. The van der Waals surface area contributed by atoms with Crippen LogP contribution in [-0.2, 0) is 4.79 Å². The van der Waals surface area contributed by atoms with Crippen LogP contribution in [0, 0.1) is 0 Å². The summed E-state index contributed by atoms with van der Waals surface area (Å²) < 4.78 is 10.5.